The Bertz CT molecular complexity index is 1090. The van der Waals surface area contributed by atoms with Crippen LogP contribution < -0.4 is 10.2 Å². The molecule has 180 valence electrons. The van der Waals surface area contributed by atoms with Gasteiger partial charge in [-0.2, -0.15) is 4.39 Å². The maximum atomic E-state index is 15.3. The van der Waals surface area contributed by atoms with Gasteiger partial charge in [-0.15, -0.1) is 0 Å². The molecule has 2 fully saturated rings. The van der Waals surface area contributed by atoms with Gasteiger partial charge in [-0.3, -0.25) is 0 Å². The van der Waals surface area contributed by atoms with Gasteiger partial charge in [0.2, 0.25) is 15.8 Å². The van der Waals surface area contributed by atoms with Crippen LogP contribution in [0.4, 0.5) is 24.8 Å². The lowest BCUT2D eigenvalue weighted by Crippen LogP contribution is -2.29. The van der Waals surface area contributed by atoms with Crippen LogP contribution >= 0.6 is 0 Å². The lowest BCUT2D eigenvalue weighted by molar-refractivity contribution is 0.0174. The van der Waals surface area contributed by atoms with Crippen molar-refractivity contribution in [3.63, 3.8) is 0 Å². The van der Waals surface area contributed by atoms with E-state index in [1.165, 1.54) is 29.0 Å². The first-order valence-corrected chi connectivity index (χ1v) is 12.8. The minimum absolute atomic E-state index is 0.0623. The molecule has 1 N–H and O–H groups in total. The third-order valence-electron chi connectivity index (χ3n) is 6.12. The summed E-state index contributed by atoms with van der Waals surface area (Å²) in [5, 5.41) is 3.01. The molecular formula is C22H28F3N5O2S. The molecule has 4 rings (SSSR count). The average Bonchev–Trinajstić information content (AvgIpc) is 3.47. The van der Waals surface area contributed by atoms with Crippen molar-refractivity contribution in [2.24, 2.45) is 5.92 Å². The van der Waals surface area contributed by atoms with Crippen LogP contribution in [0.25, 0.3) is 0 Å². The molecule has 2 heterocycles. The highest BCUT2D eigenvalue weighted by atomic mass is 32.2. The molecule has 0 radical (unpaired) electrons. The molecule has 1 saturated carbocycles. The average molecular weight is 484 g/mol. The Kier molecular flexibility index (Phi) is 6.54. The molecule has 1 atom stereocenters. The van der Waals surface area contributed by atoms with Gasteiger partial charge in [0.25, 0.3) is 5.92 Å². The van der Waals surface area contributed by atoms with Crippen molar-refractivity contribution in [3.8, 4) is 0 Å². The topological polar surface area (TPSA) is 78.4 Å². The number of nitrogens with zero attached hydrogens (tertiary/aromatic N) is 4. The summed E-state index contributed by atoms with van der Waals surface area (Å²) >= 11 is 0. The number of hydrogen-bond acceptors (Lipinski definition) is 6. The van der Waals surface area contributed by atoms with Gasteiger partial charge in [-0.1, -0.05) is 24.3 Å². The summed E-state index contributed by atoms with van der Waals surface area (Å²) in [6.07, 6.45) is 4.99. The maximum Gasteiger partial charge on any atom is 0.270 e. The van der Waals surface area contributed by atoms with E-state index in [2.05, 4.69) is 15.3 Å². The van der Waals surface area contributed by atoms with Crippen LogP contribution in [0.15, 0.2) is 30.6 Å². The molecule has 1 aromatic heterocycles. The van der Waals surface area contributed by atoms with Crippen molar-refractivity contribution < 1.29 is 21.6 Å². The lowest BCUT2D eigenvalue weighted by Gasteiger charge is -2.25. The fraction of sp³-hybridized carbons (Fsp3) is 0.545. The van der Waals surface area contributed by atoms with Gasteiger partial charge in [-0.05, 0) is 30.7 Å². The number of aromatic nitrogens is 2. The summed E-state index contributed by atoms with van der Waals surface area (Å²) in [5.41, 5.74) is 0.722. The van der Waals surface area contributed by atoms with Gasteiger partial charge in [0, 0.05) is 44.7 Å². The van der Waals surface area contributed by atoms with E-state index in [1.54, 1.807) is 12.1 Å². The Morgan fingerprint density at radius 3 is 2.45 bits per heavy atom. The normalized spacial score (nSPS) is 19.6. The van der Waals surface area contributed by atoms with Gasteiger partial charge >= 0.3 is 0 Å². The molecular weight excluding hydrogens is 455 g/mol. The first-order valence-electron chi connectivity index (χ1n) is 11.0. The third kappa shape index (κ3) is 5.75. The minimum Gasteiger partial charge on any atom is -0.367 e. The quantitative estimate of drug-likeness (QED) is 0.587. The molecule has 1 saturated heterocycles. The standard InChI is InChI=1S/C22H28F3N5O2S/c1-22(24,25)17-5-3-15(4-6-17)13-30(18-7-8-18)21-19(23)20(27-14-28-21)26-11-16-9-10-29(12-16)33(2,31)32/h3-6,14,16,18H,7-13H2,1-2H3,(H,26,27,28). The molecule has 1 aliphatic heterocycles. The van der Waals surface area contributed by atoms with Crippen LogP contribution in [-0.4, -0.2) is 54.6 Å². The molecule has 2 aromatic rings. The van der Waals surface area contributed by atoms with Crippen LogP contribution in [0.3, 0.4) is 0 Å². The van der Waals surface area contributed by atoms with Gasteiger partial charge in [0.05, 0.1) is 6.26 Å². The second-order valence-corrected chi connectivity index (χ2v) is 10.9. The SMILES string of the molecule is CC(F)(F)c1ccc(CN(c2ncnc(NCC3CCN(S(C)(=O)=O)C3)c2F)C2CC2)cc1. The molecule has 7 nitrogen and oxygen atoms in total. The number of nitrogens with one attached hydrogen (secondary N) is 1. The summed E-state index contributed by atoms with van der Waals surface area (Å²) in [7, 11) is -3.23. The van der Waals surface area contributed by atoms with Crippen molar-refractivity contribution >= 4 is 21.7 Å². The number of sulfonamides is 1. The second kappa shape index (κ2) is 9.09. The van der Waals surface area contributed by atoms with E-state index in [-0.39, 0.29) is 29.2 Å². The zero-order valence-electron chi connectivity index (χ0n) is 18.6. The molecule has 0 spiro atoms. The van der Waals surface area contributed by atoms with Crippen molar-refractivity contribution in [1.82, 2.24) is 14.3 Å². The third-order valence-corrected chi connectivity index (χ3v) is 7.39. The first kappa shape index (κ1) is 23.7. The zero-order chi connectivity index (χ0) is 23.8. The van der Waals surface area contributed by atoms with E-state index in [0.717, 1.165) is 25.3 Å². The fourth-order valence-corrected chi connectivity index (χ4v) is 4.97. The summed E-state index contributed by atoms with van der Waals surface area (Å²) in [5.74, 6) is -3.18. The van der Waals surface area contributed by atoms with Crippen LogP contribution in [0.5, 0.6) is 0 Å². The van der Waals surface area contributed by atoms with Gasteiger partial charge in [-0.25, -0.2) is 31.5 Å². The Hall–Kier alpha value is -2.40. The molecule has 1 unspecified atom stereocenters. The number of rotatable bonds is 9. The minimum atomic E-state index is -3.23. The van der Waals surface area contributed by atoms with Crippen LogP contribution in [-0.2, 0) is 22.5 Å². The summed E-state index contributed by atoms with van der Waals surface area (Å²) in [6, 6.07) is 6.19. The van der Waals surface area contributed by atoms with Crippen molar-refractivity contribution in [2.45, 2.75) is 44.7 Å². The molecule has 2 aliphatic rings. The number of halogens is 3. The largest absolute Gasteiger partial charge is 0.367 e. The molecule has 11 heteroatoms. The second-order valence-electron chi connectivity index (χ2n) is 8.96. The summed E-state index contributed by atoms with van der Waals surface area (Å²) < 4.78 is 67.2. The van der Waals surface area contributed by atoms with E-state index >= 15 is 4.39 Å². The highest BCUT2D eigenvalue weighted by Gasteiger charge is 2.33. The van der Waals surface area contributed by atoms with Gasteiger partial charge < -0.3 is 10.2 Å². The van der Waals surface area contributed by atoms with Crippen molar-refractivity contribution in [2.75, 3.05) is 36.1 Å². The highest BCUT2D eigenvalue weighted by Crippen LogP contribution is 2.35. The van der Waals surface area contributed by atoms with E-state index in [4.69, 9.17) is 0 Å². The number of anilines is 2. The zero-order valence-corrected chi connectivity index (χ0v) is 19.5. The van der Waals surface area contributed by atoms with E-state index in [0.29, 0.717) is 32.6 Å². The Morgan fingerprint density at radius 2 is 1.88 bits per heavy atom. The number of benzene rings is 1. The van der Waals surface area contributed by atoms with E-state index < -0.39 is 21.8 Å². The molecule has 0 bridgehead atoms. The van der Waals surface area contributed by atoms with Crippen molar-refractivity contribution in [3.05, 3.63) is 47.5 Å². The Labute approximate surface area is 192 Å². The van der Waals surface area contributed by atoms with Crippen molar-refractivity contribution in [1.29, 1.82) is 0 Å². The van der Waals surface area contributed by atoms with E-state index in [9.17, 15) is 17.2 Å². The lowest BCUT2D eigenvalue weighted by atomic mass is 10.1. The van der Waals surface area contributed by atoms with E-state index in [1.807, 2.05) is 4.90 Å². The molecule has 1 aromatic carbocycles. The first-order chi connectivity index (χ1) is 15.5. The Morgan fingerprint density at radius 1 is 1.18 bits per heavy atom. The smallest absolute Gasteiger partial charge is 0.270 e. The maximum absolute atomic E-state index is 15.3. The van der Waals surface area contributed by atoms with Gasteiger partial charge in [0.1, 0.15) is 6.33 Å². The molecule has 0 amide bonds. The number of hydrogen-bond donors (Lipinski definition) is 1. The van der Waals surface area contributed by atoms with Crippen LogP contribution in [0, 0.1) is 11.7 Å². The predicted octanol–water partition coefficient (Wildman–Crippen LogP) is 3.59. The predicted molar refractivity (Wildman–Crippen MR) is 120 cm³/mol. The highest BCUT2D eigenvalue weighted by molar-refractivity contribution is 7.88. The fourth-order valence-electron chi connectivity index (χ4n) is 4.05. The van der Waals surface area contributed by atoms with Gasteiger partial charge in [0.15, 0.2) is 11.6 Å². The molecule has 1 aliphatic carbocycles. The monoisotopic (exact) mass is 483 g/mol. The van der Waals surface area contributed by atoms with Crippen LogP contribution in [0.1, 0.15) is 37.3 Å². The summed E-state index contributed by atoms with van der Waals surface area (Å²) in [4.78, 5) is 10.1. The number of alkyl halides is 2. The summed E-state index contributed by atoms with van der Waals surface area (Å²) in [6.45, 7) is 2.45. The Balaban J connectivity index is 1.46. The van der Waals surface area contributed by atoms with Crippen LogP contribution in [0.2, 0.25) is 0 Å². The molecule has 33 heavy (non-hydrogen) atoms.